The molecule has 0 aromatic carbocycles. The molecule has 0 amide bonds. The second-order valence-corrected chi connectivity index (χ2v) is 6.57. The SMILES string of the molecule is Cc1oc(-c2cccs2)nc1COC(=O)CN(C)c1ccc(Cl)nn1. The molecule has 3 heterocycles. The summed E-state index contributed by atoms with van der Waals surface area (Å²) in [5, 5.41) is 9.89. The summed E-state index contributed by atoms with van der Waals surface area (Å²) < 4.78 is 10.9. The van der Waals surface area contributed by atoms with Gasteiger partial charge in [-0.05, 0) is 30.5 Å². The Labute approximate surface area is 153 Å². The Morgan fingerprint density at radius 2 is 2.20 bits per heavy atom. The van der Waals surface area contributed by atoms with E-state index in [4.69, 9.17) is 20.8 Å². The zero-order chi connectivity index (χ0) is 17.8. The van der Waals surface area contributed by atoms with Gasteiger partial charge in [0.15, 0.2) is 11.0 Å². The Morgan fingerprint density at radius 1 is 1.36 bits per heavy atom. The Hall–Kier alpha value is -2.45. The van der Waals surface area contributed by atoms with Gasteiger partial charge in [0, 0.05) is 7.05 Å². The van der Waals surface area contributed by atoms with Gasteiger partial charge in [-0.1, -0.05) is 17.7 Å². The van der Waals surface area contributed by atoms with Crippen molar-refractivity contribution in [3.8, 4) is 10.8 Å². The number of carbonyl (C=O) groups excluding carboxylic acids is 1. The van der Waals surface area contributed by atoms with E-state index in [1.165, 1.54) is 11.3 Å². The van der Waals surface area contributed by atoms with Crippen LogP contribution in [0, 0.1) is 6.92 Å². The van der Waals surface area contributed by atoms with Crippen LogP contribution >= 0.6 is 22.9 Å². The van der Waals surface area contributed by atoms with Crippen LogP contribution in [-0.4, -0.2) is 34.7 Å². The number of hydrogen-bond acceptors (Lipinski definition) is 8. The van der Waals surface area contributed by atoms with E-state index in [9.17, 15) is 4.79 Å². The molecule has 3 rings (SSSR count). The zero-order valence-corrected chi connectivity index (χ0v) is 15.2. The van der Waals surface area contributed by atoms with Crippen LogP contribution in [0.5, 0.6) is 0 Å². The molecule has 0 aliphatic heterocycles. The first-order valence-corrected chi connectivity index (χ1v) is 8.65. The Bertz CT molecular complexity index is 849. The highest BCUT2D eigenvalue weighted by atomic mass is 35.5. The fraction of sp³-hybridized carbons (Fsp3) is 0.250. The fourth-order valence-electron chi connectivity index (χ4n) is 2.05. The molecule has 130 valence electrons. The standard InChI is InChI=1S/C16H15ClN4O3S/c1-10-11(18-16(24-10)12-4-3-7-25-12)9-23-15(22)8-21(2)14-6-5-13(17)19-20-14/h3-7H,8-9H2,1-2H3. The second kappa shape index (κ2) is 7.62. The molecule has 3 aromatic heterocycles. The minimum absolute atomic E-state index is 0.0327. The average Bonchev–Trinajstić information content (AvgIpc) is 3.23. The average molecular weight is 379 g/mol. The molecular weight excluding hydrogens is 364 g/mol. The predicted molar refractivity (Wildman–Crippen MR) is 94.7 cm³/mol. The lowest BCUT2D eigenvalue weighted by atomic mass is 10.4. The summed E-state index contributed by atoms with van der Waals surface area (Å²) >= 11 is 7.23. The molecule has 0 saturated heterocycles. The fourth-order valence-corrected chi connectivity index (χ4v) is 2.80. The number of ether oxygens (including phenoxy) is 1. The van der Waals surface area contributed by atoms with E-state index in [2.05, 4.69) is 15.2 Å². The minimum Gasteiger partial charge on any atom is -0.458 e. The summed E-state index contributed by atoms with van der Waals surface area (Å²) in [5.74, 6) is 1.29. The number of nitrogens with zero attached hydrogens (tertiary/aromatic N) is 4. The highest BCUT2D eigenvalue weighted by molar-refractivity contribution is 7.13. The van der Waals surface area contributed by atoms with Crippen molar-refractivity contribution in [2.45, 2.75) is 13.5 Å². The molecule has 0 saturated carbocycles. The van der Waals surface area contributed by atoms with Gasteiger partial charge >= 0.3 is 5.97 Å². The summed E-state index contributed by atoms with van der Waals surface area (Å²) in [5.41, 5.74) is 0.602. The maximum Gasteiger partial charge on any atom is 0.325 e. The van der Waals surface area contributed by atoms with Crippen molar-refractivity contribution in [3.63, 3.8) is 0 Å². The van der Waals surface area contributed by atoms with Crippen molar-refractivity contribution in [2.24, 2.45) is 0 Å². The van der Waals surface area contributed by atoms with E-state index in [-0.39, 0.29) is 13.2 Å². The van der Waals surface area contributed by atoms with Gasteiger partial charge in [-0.3, -0.25) is 4.79 Å². The maximum absolute atomic E-state index is 12.0. The van der Waals surface area contributed by atoms with Crippen LogP contribution in [0.25, 0.3) is 10.8 Å². The molecule has 0 unspecified atom stereocenters. The van der Waals surface area contributed by atoms with Crippen LogP contribution in [0.4, 0.5) is 5.82 Å². The largest absolute Gasteiger partial charge is 0.458 e. The van der Waals surface area contributed by atoms with Crippen LogP contribution in [0.3, 0.4) is 0 Å². The lowest BCUT2D eigenvalue weighted by Crippen LogP contribution is -2.28. The number of esters is 1. The van der Waals surface area contributed by atoms with E-state index in [0.717, 1.165) is 4.88 Å². The summed E-state index contributed by atoms with van der Waals surface area (Å²) in [6.45, 7) is 1.88. The topological polar surface area (TPSA) is 81.4 Å². The lowest BCUT2D eigenvalue weighted by molar-refractivity contribution is -0.143. The molecule has 0 radical (unpaired) electrons. The van der Waals surface area contributed by atoms with Crippen LogP contribution in [0.2, 0.25) is 5.15 Å². The van der Waals surface area contributed by atoms with Crippen LogP contribution < -0.4 is 4.90 Å². The summed E-state index contributed by atoms with van der Waals surface area (Å²) in [6, 6.07) is 7.14. The molecule has 0 fully saturated rings. The summed E-state index contributed by atoms with van der Waals surface area (Å²) in [4.78, 5) is 19.0. The van der Waals surface area contributed by atoms with Crippen LogP contribution in [0.1, 0.15) is 11.5 Å². The lowest BCUT2D eigenvalue weighted by Gasteiger charge is -2.16. The molecule has 0 aliphatic carbocycles. The van der Waals surface area contributed by atoms with E-state index < -0.39 is 5.97 Å². The van der Waals surface area contributed by atoms with Crippen molar-refractivity contribution >= 4 is 34.7 Å². The number of oxazole rings is 1. The van der Waals surface area contributed by atoms with E-state index in [1.807, 2.05) is 17.5 Å². The number of aromatic nitrogens is 3. The van der Waals surface area contributed by atoms with Crippen molar-refractivity contribution in [1.29, 1.82) is 0 Å². The number of aryl methyl sites for hydroxylation is 1. The molecule has 25 heavy (non-hydrogen) atoms. The Morgan fingerprint density at radius 3 is 2.88 bits per heavy atom. The van der Waals surface area contributed by atoms with Crippen LogP contribution in [-0.2, 0) is 16.1 Å². The van der Waals surface area contributed by atoms with Gasteiger partial charge in [-0.25, -0.2) is 4.98 Å². The van der Waals surface area contributed by atoms with Crippen molar-refractivity contribution in [1.82, 2.24) is 15.2 Å². The smallest absolute Gasteiger partial charge is 0.325 e. The van der Waals surface area contributed by atoms with Gasteiger partial charge in [0.25, 0.3) is 0 Å². The van der Waals surface area contributed by atoms with E-state index in [0.29, 0.717) is 28.3 Å². The zero-order valence-electron chi connectivity index (χ0n) is 13.6. The van der Waals surface area contributed by atoms with E-state index in [1.54, 1.807) is 31.0 Å². The number of rotatable bonds is 6. The Kier molecular flexibility index (Phi) is 5.30. The number of likely N-dealkylation sites (N-methyl/N-ethyl adjacent to an activating group) is 1. The molecular formula is C16H15ClN4O3S. The third kappa shape index (κ3) is 4.34. The molecule has 0 aliphatic rings. The predicted octanol–water partition coefficient (Wildman–Crippen LogP) is 3.33. The maximum atomic E-state index is 12.0. The monoisotopic (exact) mass is 378 g/mol. The third-order valence-corrected chi connectivity index (χ3v) is 4.43. The number of halogens is 1. The molecule has 9 heteroatoms. The normalized spacial score (nSPS) is 10.7. The van der Waals surface area contributed by atoms with Gasteiger partial charge in [-0.2, -0.15) is 0 Å². The molecule has 0 atom stereocenters. The first-order chi connectivity index (χ1) is 12.0. The number of anilines is 1. The quantitative estimate of drug-likeness (QED) is 0.608. The first kappa shape index (κ1) is 17.4. The molecule has 7 nitrogen and oxygen atoms in total. The third-order valence-electron chi connectivity index (χ3n) is 3.37. The van der Waals surface area contributed by atoms with Crippen molar-refractivity contribution in [3.05, 3.63) is 46.3 Å². The van der Waals surface area contributed by atoms with Gasteiger partial charge < -0.3 is 14.1 Å². The summed E-state index contributed by atoms with van der Waals surface area (Å²) in [6.07, 6.45) is 0. The number of carbonyl (C=O) groups is 1. The van der Waals surface area contributed by atoms with Gasteiger partial charge in [0.2, 0.25) is 5.89 Å². The summed E-state index contributed by atoms with van der Waals surface area (Å²) in [7, 11) is 1.72. The van der Waals surface area contributed by atoms with Gasteiger partial charge in [-0.15, -0.1) is 21.5 Å². The number of hydrogen-bond donors (Lipinski definition) is 0. The first-order valence-electron chi connectivity index (χ1n) is 7.39. The second-order valence-electron chi connectivity index (χ2n) is 5.23. The minimum atomic E-state index is -0.403. The van der Waals surface area contributed by atoms with Crippen molar-refractivity contribution in [2.75, 3.05) is 18.5 Å². The number of thiophene rings is 1. The highest BCUT2D eigenvalue weighted by Gasteiger charge is 2.15. The van der Waals surface area contributed by atoms with Gasteiger partial charge in [0.1, 0.15) is 24.6 Å². The van der Waals surface area contributed by atoms with Crippen molar-refractivity contribution < 1.29 is 13.9 Å². The Balaban J connectivity index is 1.56. The van der Waals surface area contributed by atoms with Gasteiger partial charge in [0.05, 0.1) is 4.88 Å². The molecule has 0 bridgehead atoms. The highest BCUT2D eigenvalue weighted by Crippen LogP contribution is 2.26. The van der Waals surface area contributed by atoms with E-state index >= 15 is 0 Å². The van der Waals surface area contributed by atoms with Crippen LogP contribution in [0.15, 0.2) is 34.1 Å². The molecule has 0 N–H and O–H groups in total. The molecule has 3 aromatic rings. The molecule has 0 spiro atoms.